The second kappa shape index (κ2) is 9.53. The third-order valence-corrected chi connectivity index (χ3v) is 5.20. The minimum Gasteiger partial charge on any atom is -0.497 e. The number of hydrogen-bond donors (Lipinski definition) is 2. The van der Waals surface area contributed by atoms with Gasteiger partial charge in [-0.05, 0) is 24.8 Å². The van der Waals surface area contributed by atoms with E-state index < -0.39 is 17.6 Å². The van der Waals surface area contributed by atoms with Crippen molar-refractivity contribution in [3.63, 3.8) is 0 Å². The molecular formula is C21H19F2N3O3S. The molecule has 0 saturated carbocycles. The Labute approximate surface area is 176 Å². The van der Waals surface area contributed by atoms with Crippen LogP contribution in [0.3, 0.4) is 0 Å². The molecule has 0 fully saturated rings. The molecule has 0 aliphatic rings. The summed E-state index contributed by atoms with van der Waals surface area (Å²) in [5, 5.41) is 12.3. The van der Waals surface area contributed by atoms with Gasteiger partial charge in [-0.25, -0.2) is 23.5 Å². The fraction of sp³-hybridized carbons (Fsp3) is 0.190. The number of nitrogens with zero attached hydrogens (tertiary/aromatic N) is 2. The molecule has 0 aliphatic heterocycles. The summed E-state index contributed by atoms with van der Waals surface area (Å²) in [5.41, 5.74) is 1.53. The van der Waals surface area contributed by atoms with Gasteiger partial charge in [0.15, 0.2) is 0 Å². The molecule has 3 rings (SSSR count). The van der Waals surface area contributed by atoms with Crippen LogP contribution in [-0.4, -0.2) is 41.0 Å². The molecule has 9 heteroatoms. The highest BCUT2D eigenvalue weighted by Gasteiger charge is 2.13. The van der Waals surface area contributed by atoms with E-state index >= 15 is 0 Å². The molecule has 0 amide bonds. The predicted molar refractivity (Wildman–Crippen MR) is 111 cm³/mol. The predicted octanol–water partition coefficient (Wildman–Crippen LogP) is 4.51. The van der Waals surface area contributed by atoms with Gasteiger partial charge in [-0.2, -0.15) is 0 Å². The third kappa shape index (κ3) is 4.85. The van der Waals surface area contributed by atoms with Crippen molar-refractivity contribution in [2.45, 2.75) is 11.3 Å². The van der Waals surface area contributed by atoms with Crippen molar-refractivity contribution in [2.75, 3.05) is 25.2 Å². The highest BCUT2D eigenvalue weighted by Crippen LogP contribution is 2.28. The van der Waals surface area contributed by atoms with Crippen molar-refractivity contribution in [3.05, 3.63) is 65.5 Å². The molecule has 0 atom stereocenters. The molecule has 2 N–H and O–H groups in total. The van der Waals surface area contributed by atoms with Gasteiger partial charge in [-0.1, -0.05) is 6.07 Å². The minimum absolute atomic E-state index is 0.0357. The Balaban J connectivity index is 1.73. The van der Waals surface area contributed by atoms with Crippen LogP contribution in [0, 0.1) is 11.6 Å². The number of aromatic carboxylic acids is 1. The second-order valence-corrected chi connectivity index (χ2v) is 7.10. The summed E-state index contributed by atoms with van der Waals surface area (Å²) in [6.07, 6.45) is 3.29. The fourth-order valence-corrected chi connectivity index (χ4v) is 3.51. The monoisotopic (exact) mass is 431 g/mol. The van der Waals surface area contributed by atoms with Crippen LogP contribution in [0.25, 0.3) is 11.3 Å². The van der Waals surface area contributed by atoms with Gasteiger partial charge < -0.3 is 15.2 Å². The molecule has 1 heterocycles. The standard InChI is InChI=1S/C21H19F2N3O3S/c1-29-13-8-16(22)14(17(23)9-13)5-6-24-20-10-18(25-11-26-20)12-3-4-15(21(27)28)19(7-12)30-2/h3-4,7-11H,5-6H2,1-2H3,(H,27,28)(H,24,25,26). The Kier molecular flexibility index (Phi) is 6.83. The highest BCUT2D eigenvalue weighted by atomic mass is 32.2. The van der Waals surface area contributed by atoms with Gasteiger partial charge in [0.2, 0.25) is 0 Å². The van der Waals surface area contributed by atoms with E-state index in [4.69, 9.17) is 4.74 Å². The smallest absolute Gasteiger partial charge is 0.336 e. The number of ether oxygens (including phenoxy) is 1. The Bertz CT molecular complexity index is 1060. The number of hydrogen-bond acceptors (Lipinski definition) is 6. The molecule has 0 radical (unpaired) electrons. The van der Waals surface area contributed by atoms with E-state index in [-0.39, 0.29) is 29.8 Å². The van der Waals surface area contributed by atoms with Crippen LogP contribution >= 0.6 is 11.8 Å². The number of thioether (sulfide) groups is 1. The summed E-state index contributed by atoms with van der Waals surface area (Å²) in [6, 6.07) is 8.95. The maximum atomic E-state index is 14.1. The van der Waals surface area contributed by atoms with Crippen molar-refractivity contribution in [2.24, 2.45) is 0 Å². The molecule has 0 spiro atoms. The molecule has 0 aliphatic carbocycles. The summed E-state index contributed by atoms with van der Waals surface area (Å²) in [7, 11) is 1.35. The molecule has 0 bridgehead atoms. The highest BCUT2D eigenvalue weighted by molar-refractivity contribution is 7.98. The molecule has 0 saturated heterocycles. The summed E-state index contributed by atoms with van der Waals surface area (Å²) in [6.45, 7) is 0.255. The number of carboxylic acids is 1. The van der Waals surface area contributed by atoms with E-state index in [0.29, 0.717) is 16.4 Å². The van der Waals surface area contributed by atoms with E-state index in [1.165, 1.54) is 31.3 Å². The normalized spacial score (nSPS) is 10.7. The number of methoxy groups -OCH3 is 1. The number of anilines is 1. The summed E-state index contributed by atoms with van der Waals surface area (Å²) < 4.78 is 33.0. The Morgan fingerprint density at radius 2 is 1.90 bits per heavy atom. The van der Waals surface area contributed by atoms with Crippen LogP contribution in [0.15, 0.2) is 47.6 Å². The van der Waals surface area contributed by atoms with Crippen molar-refractivity contribution in [3.8, 4) is 17.0 Å². The zero-order valence-electron chi connectivity index (χ0n) is 16.3. The number of rotatable bonds is 8. The third-order valence-electron chi connectivity index (χ3n) is 4.43. The summed E-state index contributed by atoms with van der Waals surface area (Å²) >= 11 is 1.33. The van der Waals surface area contributed by atoms with Crippen LogP contribution < -0.4 is 10.1 Å². The largest absolute Gasteiger partial charge is 0.497 e. The van der Waals surface area contributed by atoms with E-state index in [0.717, 1.165) is 17.7 Å². The van der Waals surface area contributed by atoms with Gasteiger partial charge in [-0.3, -0.25) is 0 Å². The van der Waals surface area contributed by atoms with Crippen molar-refractivity contribution in [1.82, 2.24) is 9.97 Å². The van der Waals surface area contributed by atoms with Gasteiger partial charge in [0.1, 0.15) is 29.5 Å². The van der Waals surface area contributed by atoms with E-state index in [9.17, 15) is 18.7 Å². The maximum Gasteiger partial charge on any atom is 0.336 e. The van der Waals surface area contributed by atoms with Crippen LogP contribution in [-0.2, 0) is 6.42 Å². The molecule has 6 nitrogen and oxygen atoms in total. The number of carbonyl (C=O) groups is 1. The van der Waals surface area contributed by atoms with E-state index in [2.05, 4.69) is 15.3 Å². The van der Waals surface area contributed by atoms with Gasteiger partial charge in [0, 0.05) is 40.8 Å². The number of carboxylic acid groups (broad SMARTS) is 1. The lowest BCUT2D eigenvalue weighted by Crippen LogP contribution is -2.09. The molecular weight excluding hydrogens is 412 g/mol. The molecule has 30 heavy (non-hydrogen) atoms. The Morgan fingerprint density at radius 1 is 1.17 bits per heavy atom. The zero-order chi connectivity index (χ0) is 21.7. The van der Waals surface area contributed by atoms with Gasteiger partial charge >= 0.3 is 5.97 Å². The van der Waals surface area contributed by atoms with Crippen LogP contribution in [0.1, 0.15) is 15.9 Å². The first kappa shape index (κ1) is 21.5. The van der Waals surface area contributed by atoms with Crippen LogP contribution in [0.4, 0.5) is 14.6 Å². The topological polar surface area (TPSA) is 84.3 Å². The maximum absolute atomic E-state index is 14.1. The first-order valence-electron chi connectivity index (χ1n) is 8.92. The number of aromatic nitrogens is 2. The molecule has 0 unspecified atom stereocenters. The number of halogens is 2. The molecule has 2 aromatic carbocycles. The Morgan fingerprint density at radius 3 is 2.53 bits per heavy atom. The van der Waals surface area contributed by atoms with Crippen molar-refractivity contribution < 1.29 is 23.4 Å². The fourth-order valence-electron chi connectivity index (χ4n) is 2.89. The van der Waals surface area contributed by atoms with Gasteiger partial charge in [-0.15, -0.1) is 11.8 Å². The summed E-state index contributed by atoms with van der Waals surface area (Å²) in [4.78, 5) is 20.3. The minimum atomic E-state index is -0.992. The zero-order valence-corrected chi connectivity index (χ0v) is 17.1. The summed E-state index contributed by atoms with van der Waals surface area (Å²) in [5.74, 6) is -1.71. The average molecular weight is 431 g/mol. The molecule has 156 valence electrons. The number of nitrogens with one attached hydrogen (secondary N) is 1. The van der Waals surface area contributed by atoms with Crippen LogP contribution in [0.2, 0.25) is 0 Å². The first-order chi connectivity index (χ1) is 14.4. The SMILES string of the molecule is COc1cc(F)c(CCNc2cc(-c3ccc(C(=O)O)c(SC)c3)ncn2)c(F)c1. The molecule has 3 aromatic rings. The lowest BCUT2D eigenvalue weighted by atomic mass is 10.1. The van der Waals surface area contributed by atoms with Gasteiger partial charge in [0.05, 0.1) is 18.4 Å². The Hall–Kier alpha value is -3.20. The first-order valence-corrected chi connectivity index (χ1v) is 10.1. The van der Waals surface area contributed by atoms with Gasteiger partial charge in [0.25, 0.3) is 0 Å². The molecule has 1 aromatic heterocycles. The van der Waals surface area contributed by atoms with E-state index in [1.54, 1.807) is 24.5 Å². The van der Waals surface area contributed by atoms with Crippen LogP contribution in [0.5, 0.6) is 5.75 Å². The number of benzene rings is 2. The van der Waals surface area contributed by atoms with Crippen molar-refractivity contribution in [1.29, 1.82) is 0 Å². The average Bonchev–Trinajstić information content (AvgIpc) is 2.75. The second-order valence-electron chi connectivity index (χ2n) is 6.26. The van der Waals surface area contributed by atoms with Crippen molar-refractivity contribution >= 4 is 23.5 Å². The quantitative estimate of drug-likeness (QED) is 0.508. The lowest BCUT2D eigenvalue weighted by Gasteiger charge is -2.10. The lowest BCUT2D eigenvalue weighted by molar-refractivity contribution is 0.0693. The van der Waals surface area contributed by atoms with E-state index in [1.807, 2.05) is 0 Å².